The molecule has 82 valence electrons. The van der Waals surface area contributed by atoms with Crippen LogP contribution in [0.1, 0.15) is 13.8 Å². The number of hydrogen-bond acceptors (Lipinski definition) is 4. The molecule has 0 bridgehead atoms. The van der Waals surface area contributed by atoms with Crippen LogP contribution in [0.15, 0.2) is 0 Å². The Morgan fingerprint density at radius 2 is 1.93 bits per heavy atom. The van der Waals surface area contributed by atoms with Gasteiger partial charge in [-0.3, -0.25) is 4.79 Å². The number of hydrogen-bond donors (Lipinski definition) is 4. The molecule has 0 saturated heterocycles. The number of carboxylic acid groups (broad SMARTS) is 1. The number of aliphatic hydroxyl groups excluding tert-OH is 1. The van der Waals surface area contributed by atoms with Crippen molar-refractivity contribution in [3.8, 4) is 0 Å². The molecule has 14 heavy (non-hydrogen) atoms. The summed E-state index contributed by atoms with van der Waals surface area (Å²) in [6, 6.07) is -0.953. The lowest BCUT2D eigenvalue weighted by Crippen LogP contribution is -2.47. The number of amides is 1. The van der Waals surface area contributed by atoms with Crippen LogP contribution in [-0.2, 0) is 9.59 Å². The van der Waals surface area contributed by atoms with Crippen molar-refractivity contribution in [2.24, 2.45) is 0 Å². The van der Waals surface area contributed by atoms with Gasteiger partial charge in [0.1, 0.15) is 6.04 Å². The maximum atomic E-state index is 10.6. The Morgan fingerprint density at radius 3 is 2.29 bits per heavy atom. The molecule has 0 spiro atoms. The van der Waals surface area contributed by atoms with E-state index in [9.17, 15) is 9.59 Å². The highest BCUT2D eigenvalue weighted by Crippen LogP contribution is 1.83. The van der Waals surface area contributed by atoms with Crippen molar-refractivity contribution in [2.75, 3.05) is 13.1 Å². The van der Waals surface area contributed by atoms with Crippen LogP contribution in [0.4, 0.5) is 0 Å². The predicted molar refractivity (Wildman–Crippen MR) is 49.8 cm³/mol. The van der Waals surface area contributed by atoms with Crippen LogP contribution in [0.25, 0.3) is 0 Å². The molecule has 0 aliphatic heterocycles. The minimum absolute atomic E-state index is 0.0970. The van der Waals surface area contributed by atoms with E-state index >= 15 is 0 Å². The molecule has 0 aromatic heterocycles. The molecule has 0 heterocycles. The normalized spacial score (nSPS) is 14.5. The van der Waals surface area contributed by atoms with E-state index in [0.717, 1.165) is 0 Å². The monoisotopic (exact) mass is 204 g/mol. The van der Waals surface area contributed by atoms with Gasteiger partial charge in [0.25, 0.3) is 0 Å². The second-order valence-electron chi connectivity index (χ2n) is 3.10. The summed E-state index contributed by atoms with van der Waals surface area (Å²) in [7, 11) is 0. The first-order valence-electron chi connectivity index (χ1n) is 4.32. The Morgan fingerprint density at radius 1 is 1.36 bits per heavy atom. The lowest BCUT2D eigenvalue weighted by atomic mass is 10.3. The van der Waals surface area contributed by atoms with Gasteiger partial charge in [0, 0.05) is 20.0 Å². The number of carbonyl (C=O) groups is 2. The molecule has 0 rings (SSSR count). The summed E-state index contributed by atoms with van der Waals surface area (Å²) in [5.74, 6) is -1.49. The van der Waals surface area contributed by atoms with Crippen LogP contribution in [0.3, 0.4) is 0 Å². The van der Waals surface area contributed by atoms with Crippen LogP contribution in [0, 0.1) is 0 Å². The number of aliphatic carboxylic acids is 1. The highest BCUT2D eigenvalue weighted by Gasteiger charge is 2.17. The van der Waals surface area contributed by atoms with E-state index in [4.69, 9.17) is 10.2 Å². The van der Waals surface area contributed by atoms with Crippen LogP contribution in [0.5, 0.6) is 0 Å². The van der Waals surface area contributed by atoms with E-state index < -0.39 is 24.0 Å². The minimum atomic E-state index is -1.10. The van der Waals surface area contributed by atoms with E-state index in [1.165, 1.54) is 6.92 Å². The summed E-state index contributed by atoms with van der Waals surface area (Å²) in [4.78, 5) is 21.2. The molecular formula is C8H16N2O4. The second kappa shape index (κ2) is 6.33. The fraction of sp³-hybridized carbons (Fsp3) is 0.750. The molecule has 1 amide bonds. The maximum absolute atomic E-state index is 10.6. The van der Waals surface area contributed by atoms with Gasteiger partial charge in [-0.1, -0.05) is 0 Å². The van der Waals surface area contributed by atoms with E-state index in [2.05, 4.69) is 10.6 Å². The van der Waals surface area contributed by atoms with E-state index in [1.54, 1.807) is 6.92 Å². The maximum Gasteiger partial charge on any atom is 0.327 e. The molecule has 0 aromatic rings. The Labute approximate surface area is 82.3 Å². The molecule has 0 aromatic carbocycles. The van der Waals surface area contributed by atoms with Crippen LogP contribution in [-0.4, -0.2) is 47.3 Å². The summed E-state index contributed by atoms with van der Waals surface area (Å²) in [5.41, 5.74) is 0. The van der Waals surface area contributed by atoms with Crippen molar-refractivity contribution in [1.29, 1.82) is 0 Å². The molecule has 0 aliphatic rings. The summed E-state index contributed by atoms with van der Waals surface area (Å²) in [5, 5.41) is 22.6. The zero-order valence-corrected chi connectivity index (χ0v) is 8.28. The zero-order valence-electron chi connectivity index (χ0n) is 8.28. The molecular weight excluding hydrogens is 188 g/mol. The Kier molecular flexibility index (Phi) is 5.82. The molecule has 0 fully saturated rings. The van der Waals surface area contributed by atoms with Gasteiger partial charge < -0.3 is 20.8 Å². The molecule has 0 saturated carbocycles. The minimum Gasteiger partial charge on any atom is -0.480 e. The average Bonchev–Trinajstić information content (AvgIpc) is 2.00. The largest absolute Gasteiger partial charge is 0.480 e. The quantitative estimate of drug-likeness (QED) is 0.424. The summed E-state index contributed by atoms with van der Waals surface area (Å²) in [6.07, 6.45) is -0.540. The van der Waals surface area contributed by atoms with Crippen molar-refractivity contribution in [3.05, 3.63) is 0 Å². The van der Waals surface area contributed by atoms with E-state index in [0.29, 0.717) is 6.54 Å². The van der Waals surface area contributed by atoms with Crippen molar-refractivity contribution in [1.82, 2.24) is 10.6 Å². The first-order valence-corrected chi connectivity index (χ1v) is 4.32. The number of rotatable bonds is 6. The third-order valence-corrected chi connectivity index (χ3v) is 1.46. The Balaban J connectivity index is 3.86. The van der Waals surface area contributed by atoms with Crippen molar-refractivity contribution in [2.45, 2.75) is 26.0 Å². The predicted octanol–water partition coefficient (Wildman–Crippen LogP) is -1.45. The highest BCUT2D eigenvalue weighted by molar-refractivity contribution is 5.82. The zero-order chi connectivity index (χ0) is 11.1. The highest BCUT2D eigenvalue weighted by atomic mass is 16.4. The van der Waals surface area contributed by atoms with Crippen molar-refractivity contribution >= 4 is 11.9 Å². The molecule has 6 heteroatoms. The topological polar surface area (TPSA) is 98.7 Å². The first-order chi connectivity index (χ1) is 6.43. The molecule has 2 atom stereocenters. The number of aliphatic hydroxyl groups is 1. The van der Waals surface area contributed by atoms with Crippen molar-refractivity contribution in [3.63, 3.8) is 0 Å². The fourth-order valence-electron chi connectivity index (χ4n) is 0.882. The van der Waals surface area contributed by atoms with E-state index in [1.807, 2.05) is 0 Å². The smallest absolute Gasteiger partial charge is 0.327 e. The fourth-order valence-corrected chi connectivity index (χ4v) is 0.882. The number of nitrogens with one attached hydrogen (secondary N) is 2. The van der Waals surface area contributed by atoms with Gasteiger partial charge >= 0.3 is 5.97 Å². The van der Waals surface area contributed by atoms with Crippen LogP contribution in [0.2, 0.25) is 0 Å². The lowest BCUT2D eigenvalue weighted by molar-refractivity contribution is -0.141. The average molecular weight is 204 g/mol. The Hall–Kier alpha value is -1.14. The van der Waals surface area contributed by atoms with Gasteiger partial charge in [-0.15, -0.1) is 0 Å². The molecule has 6 nitrogen and oxygen atoms in total. The van der Waals surface area contributed by atoms with Gasteiger partial charge in [-0.2, -0.15) is 0 Å². The lowest BCUT2D eigenvalue weighted by Gasteiger charge is -2.14. The summed E-state index contributed by atoms with van der Waals surface area (Å²) >= 11 is 0. The third kappa shape index (κ3) is 6.38. The summed E-state index contributed by atoms with van der Waals surface area (Å²) in [6.45, 7) is 3.23. The van der Waals surface area contributed by atoms with Gasteiger partial charge in [0.2, 0.25) is 5.91 Å². The van der Waals surface area contributed by atoms with Crippen molar-refractivity contribution < 1.29 is 19.8 Å². The van der Waals surface area contributed by atoms with Gasteiger partial charge in [-0.25, -0.2) is 4.79 Å². The summed E-state index contributed by atoms with van der Waals surface area (Å²) < 4.78 is 0. The standard InChI is InChI=1S/C8H16N2O4/c1-5(11)3-9-4-7(8(13)14)10-6(2)12/h5,7,9,11H,3-4H2,1-2H3,(H,10,12)(H,13,14). The molecule has 0 aliphatic carbocycles. The Bertz CT molecular complexity index is 206. The van der Waals surface area contributed by atoms with Gasteiger partial charge in [-0.05, 0) is 6.92 Å². The van der Waals surface area contributed by atoms with Gasteiger partial charge in [0.15, 0.2) is 0 Å². The number of carbonyl (C=O) groups excluding carboxylic acids is 1. The third-order valence-electron chi connectivity index (χ3n) is 1.46. The molecule has 0 radical (unpaired) electrons. The number of carboxylic acids is 1. The SMILES string of the molecule is CC(=O)NC(CNCC(C)O)C(=O)O. The van der Waals surface area contributed by atoms with Crippen LogP contribution >= 0.6 is 0 Å². The van der Waals surface area contributed by atoms with E-state index in [-0.39, 0.29) is 6.54 Å². The van der Waals surface area contributed by atoms with Crippen LogP contribution < -0.4 is 10.6 Å². The molecule has 4 N–H and O–H groups in total. The second-order valence-corrected chi connectivity index (χ2v) is 3.10. The van der Waals surface area contributed by atoms with Gasteiger partial charge in [0.05, 0.1) is 6.10 Å². The first kappa shape index (κ1) is 12.9. The molecule has 2 unspecified atom stereocenters.